The smallest absolute Gasteiger partial charge is 0.224 e. The van der Waals surface area contributed by atoms with Crippen LogP contribution < -0.4 is 5.32 Å². The molecule has 0 fully saturated rings. The summed E-state index contributed by atoms with van der Waals surface area (Å²) in [7, 11) is 0. The molecule has 0 atom stereocenters. The molecule has 0 unspecified atom stereocenters. The first kappa shape index (κ1) is 17.2. The van der Waals surface area contributed by atoms with Crippen LogP contribution in [0.2, 0.25) is 0 Å². The van der Waals surface area contributed by atoms with E-state index in [9.17, 15) is 4.79 Å². The van der Waals surface area contributed by atoms with E-state index in [1.54, 1.807) is 0 Å². The molecule has 1 N–H and O–H groups in total. The number of unbranched alkanes of at least 4 members (excludes halogenated alkanes) is 6. The minimum atomic E-state index is 0.116. The lowest BCUT2D eigenvalue weighted by atomic mass is 10.1. The van der Waals surface area contributed by atoms with Gasteiger partial charge in [0, 0.05) is 10.9 Å². The van der Waals surface area contributed by atoms with E-state index in [1.807, 2.05) is 25.1 Å². The Kier molecular flexibility index (Phi) is 8.59. The zero-order chi connectivity index (χ0) is 14.8. The van der Waals surface area contributed by atoms with Gasteiger partial charge in [0.15, 0.2) is 0 Å². The molecule has 2 nitrogen and oxygen atoms in total. The number of amides is 1. The normalized spacial score (nSPS) is 10.6. The number of benzene rings is 1. The summed E-state index contributed by atoms with van der Waals surface area (Å²) < 4.78 is 0.941. The Morgan fingerprint density at radius 3 is 2.45 bits per heavy atom. The van der Waals surface area contributed by atoms with E-state index in [-0.39, 0.29) is 5.91 Å². The third-order valence-electron chi connectivity index (χ3n) is 3.40. The summed E-state index contributed by atoms with van der Waals surface area (Å²) in [5.41, 5.74) is 2.03. The SMILES string of the molecule is CCCCCCCCCC(=O)Nc1cc(C)ccc1Br. The number of rotatable bonds is 9. The number of halogens is 1. The average molecular weight is 340 g/mol. The van der Waals surface area contributed by atoms with Gasteiger partial charge < -0.3 is 5.32 Å². The molecule has 1 rings (SSSR count). The van der Waals surface area contributed by atoms with Crippen molar-refractivity contribution in [3.05, 3.63) is 28.2 Å². The molecule has 20 heavy (non-hydrogen) atoms. The average Bonchev–Trinajstić information content (AvgIpc) is 2.42. The summed E-state index contributed by atoms with van der Waals surface area (Å²) in [6.07, 6.45) is 9.27. The van der Waals surface area contributed by atoms with E-state index in [1.165, 1.54) is 32.1 Å². The predicted octanol–water partition coefficient (Wildman–Crippen LogP) is 5.84. The van der Waals surface area contributed by atoms with Gasteiger partial charge in [0.2, 0.25) is 5.91 Å². The molecule has 0 aliphatic heterocycles. The maximum atomic E-state index is 11.9. The third kappa shape index (κ3) is 7.09. The third-order valence-corrected chi connectivity index (χ3v) is 4.09. The maximum absolute atomic E-state index is 11.9. The summed E-state index contributed by atoms with van der Waals surface area (Å²) in [4.78, 5) is 11.9. The molecule has 1 amide bonds. The summed E-state index contributed by atoms with van der Waals surface area (Å²) >= 11 is 3.46. The summed E-state index contributed by atoms with van der Waals surface area (Å²) in [5.74, 6) is 0.116. The molecule has 0 bridgehead atoms. The molecule has 0 spiro atoms. The quantitative estimate of drug-likeness (QED) is 0.563. The highest BCUT2D eigenvalue weighted by Crippen LogP contribution is 2.23. The lowest BCUT2D eigenvalue weighted by Gasteiger charge is -2.08. The first-order chi connectivity index (χ1) is 9.63. The van der Waals surface area contributed by atoms with E-state index in [0.29, 0.717) is 6.42 Å². The Bertz CT molecular complexity index is 417. The summed E-state index contributed by atoms with van der Waals surface area (Å²) in [5, 5.41) is 2.98. The van der Waals surface area contributed by atoms with Crippen molar-refractivity contribution in [2.45, 2.75) is 65.2 Å². The molecular weight excluding hydrogens is 314 g/mol. The number of carbonyl (C=O) groups excluding carboxylic acids is 1. The number of anilines is 1. The van der Waals surface area contributed by atoms with E-state index < -0.39 is 0 Å². The van der Waals surface area contributed by atoms with Crippen LogP contribution in [0.1, 0.15) is 63.9 Å². The van der Waals surface area contributed by atoms with Crippen molar-refractivity contribution in [3.63, 3.8) is 0 Å². The van der Waals surface area contributed by atoms with Gasteiger partial charge in [0.05, 0.1) is 5.69 Å². The van der Waals surface area contributed by atoms with Gasteiger partial charge in [-0.2, -0.15) is 0 Å². The van der Waals surface area contributed by atoms with E-state index in [2.05, 4.69) is 28.2 Å². The highest BCUT2D eigenvalue weighted by atomic mass is 79.9. The van der Waals surface area contributed by atoms with Crippen molar-refractivity contribution in [1.82, 2.24) is 0 Å². The minimum absolute atomic E-state index is 0.116. The monoisotopic (exact) mass is 339 g/mol. The predicted molar refractivity (Wildman–Crippen MR) is 90.1 cm³/mol. The molecule has 0 heterocycles. The minimum Gasteiger partial charge on any atom is -0.325 e. The zero-order valence-corrected chi connectivity index (χ0v) is 14.3. The van der Waals surface area contributed by atoms with Crippen molar-refractivity contribution in [2.75, 3.05) is 5.32 Å². The molecule has 3 heteroatoms. The summed E-state index contributed by atoms with van der Waals surface area (Å²) in [6.45, 7) is 4.26. The van der Waals surface area contributed by atoms with Crippen molar-refractivity contribution in [3.8, 4) is 0 Å². The van der Waals surface area contributed by atoms with Crippen molar-refractivity contribution in [1.29, 1.82) is 0 Å². The first-order valence-electron chi connectivity index (χ1n) is 7.69. The highest BCUT2D eigenvalue weighted by Gasteiger charge is 2.05. The highest BCUT2D eigenvalue weighted by molar-refractivity contribution is 9.10. The summed E-state index contributed by atoms with van der Waals surface area (Å²) in [6, 6.07) is 5.99. The van der Waals surface area contributed by atoms with Crippen LogP contribution in [0.15, 0.2) is 22.7 Å². The molecule has 0 aliphatic rings. The van der Waals surface area contributed by atoms with Gasteiger partial charge in [-0.3, -0.25) is 4.79 Å². The molecule has 0 radical (unpaired) electrons. The van der Waals surface area contributed by atoms with E-state index >= 15 is 0 Å². The molecule has 1 aromatic carbocycles. The topological polar surface area (TPSA) is 29.1 Å². The van der Waals surface area contributed by atoms with Gasteiger partial charge in [-0.25, -0.2) is 0 Å². The van der Waals surface area contributed by atoms with Gasteiger partial charge in [0.1, 0.15) is 0 Å². The molecular formula is C17H26BrNO. The second-order valence-electron chi connectivity index (χ2n) is 5.40. The van der Waals surface area contributed by atoms with Crippen LogP contribution in [0.3, 0.4) is 0 Å². The van der Waals surface area contributed by atoms with Crippen molar-refractivity contribution < 1.29 is 4.79 Å². The van der Waals surface area contributed by atoms with Crippen LogP contribution in [-0.2, 0) is 4.79 Å². The van der Waals surface area contributed by atoms with Crippen LogP contribution in [0, 0.1) is 6.92 Å². The Hall–Kier alpha value is -0.830. The van der Waals surface area contributed by atoms with Crippen molar-refractivity contribution >= 4 is 27.5 Å². The molecule has 0 aliphatic carbocycles. The molecule has 0 aromatic heterocycles. The lowest BCUT2D eigenvalue weighted by Crippen LogP contribution is -2.11. The van der Waals surface area contributed by atoms with Gasteiger partial charge in [0.25, 0.3) is 0 Å². The van der Waals surface area contributed by atoms with Gasteiger partial charge >= 0.3 is 0 Å². The Morgan fingerprint density at radius 1 is 1.10 bits per heavy atom. The lowest BCUT2D eigenvalue weighted by molar-refractivity contribution is -0.116. The van der Waals surface area contributed by atoms with Crippen LogP contribution in [0.4, 0.5) is 5.69 Å². The van der Waals surface area contributed by atoms with Crippen LogP contribution >= 0.6 is 15.9 Å². The van der Waals surface area contributed by atoms with E-state index in [0.717, 1.165) is 28.6 Å². The number of carbonyl (C=O) groups is 1. The second kappa shape index (κ2) is 9.98. The zero-order valence-electron chi connectivity index (χ0n) is 12.7. The molecule has 1 aromatic rings. The fourth-order valence-corrected chi connectivity index (χ4v) is 2.54. The standard InChI is InChI=1S/C17H26BrNO/c1-3-4-5-6-7-8-9-10-17(20)19-16-13-14(2)11-12-15(16)18/h11-13H,3-10H2,1-2H3,(H,19,20). The Labute approximate surface area is 131 Å². The van der Waals surface area contributed by atoms with Crippen molar-refractivity contribution in [2.24, 2.45) is 0 Å². The second-order valence-corrected chi connectivity index (χ2v) is 6.26. The Balaban J connectivity index is 2.19. The van der Waals surface area contributed by atoms with Gasteiger partial charge in [-0.1, -0.05) is 51.5 Å². The number of aryl methyl sites for hydroxylation is 1. The fraction of sp³-hybridized carbons (Fsp3) is 0.588. The van der Waals surface area contributed by atoms with Gasteiger partial charge in [-0.05, 0) is 47.0 Å². The fourth-order valence-electron chi connectivity index (χ4n) is 2.19. The molecule has 112 valence electrons. The van der Waals surface area contributed by atoms with Crippen LogP contribution in [0.5, 0.6) is 0 Å². The largest absolute Gasteiger partial charge is 0.325 e. The van der Waals surface area contributed by atoms with Gasteiger partial charge in [-0.15, -0.1) is 0 Å². The number of hydrogen-bond acceptors (Lipinski definition) is 1. The molecule has 0 saturated carbocycles. The Morgan fingerprint density at radius 2 is 1.75 bits per heavy atom. The molecule has 0 saturated heterocycles. The number of nitrogens with one attached hydrogen (secondary N) is 1. The number of hydrogen-bond donors (Lipinski definition) is 1. The van der Waals surface area contributed by atoms with Crippen LogP contribution in [0.25, 0.3) is 0 Å². The maximum Gasteiger partial charge on any atom is 0.224 e. The first-order valence-corrected chi connectivity index (χ1v) is 8.48. The van der Waals surface area contributed by atoms with E-state index in [4.69, 9.17) is 0 Å². The van der Waals surface area contributed by atoms with Crippen LogP contribution in [-0.4, -0.2) is 5.91 Å².